The summed E-state index contributed by atoms with van der Waals surface area (Å²) in [7, 11) is 0. The smallest absolute Gasteiger partial charge is 0.253 e. The molecule has 8 heteroatoms. The Morgan fingerprint density at radius 1 is 0.811 bits per heavy atom. The van der Waals surface area contributed by atoms with Crippen molar-refractivity contribution in [3.63, 3.8) is 0 Å². The molecule has 3 aromatic rings. The summed E-state index contributed by atoms with van der Waals surface area (Å²) in [6, 6.07) is 21.7. The first kappa shape index (κ1) is 25.2. The van der Waals surface area contributed by atoms with E-state index < -0.39 is 0 Å². The molecule has 1 N–H and O–H groups in total. The first-order valence-corrected chi connectivity index (χ1v) is 13.3. The molecule has 0 aliphatic carbocycles. The van der Waals surface area contributed by atoms with Gasteiger partial charge in [-0.2, -0.15) is 0 Å². The molecule has 0 spiro atoms. The predicted molar refractivity (Wildman–Crippen MR) is 146 cm³/mol. The van der Waals surface area contributed by atoms with Crippen molar-refractivity contribution in [2.75, 3.05) is 63.8 Å². The fourth-order valence-electron chi connectivity index (χ4n) is 5.15. The van der Waals surface area contributed by atoms with Gasteiger partial charge in [0.2, 0.25) is 5.95 Å². The standard InChI is InChI=1S/C29H36N6O2/c36-27-22-26(23-33-18-16-32(17-19-33)15-12-24-8-3-1-4-9-24)30-29(31-27)35-14-7-13-34(20-21-35)28(37)25-10-5-2-6-11-25/h1-6,8-11,22H,7,12-21,23H2,(H,30,31,36). The Kier molecular flexibility index (Phi) is 8.28. The molecule has 0 atom stereocenters. The van der Waals surface area contributed by atoms with Crippen LogP contribution in [-0.4, -0.2) is 89.5 Å². The molecule has 5 rings (SSSR count). The molecular weight excluding hydrogens is 464 g/mol. The van der Waals surface area contributed by atoms with Gasteiger partial charge < -0.3 is 14.7 Å². The number of hydrogen-bond donors (Lipinski definition) is 1. The normalized spacial score (nSPS) is 17.5. The van der Waals surface area contributed by atoms with Gasteiger partial charge in [-0.1, -0.05) is 48.5 Å². The molecule has 0 radical (unpaired) electrons. The van der Waals surface area contributed by atoms with Crippen molar-refractivity contribution >= 4 is 11.9 Å². The van der Waals surface area contributed by atoms with Crippen LogP contribution in [0.5, 0.6) is 0 Å². The van der Waals surface area contributed by atoms with Crippen LogP contribution in [0.4, 0.5) is 5.95 Å². The van der Waals surface area contributed by atoms with Crippen LogP contribution in [0.1, 0.15) is 28.0 Å². The van der Waals surface area contributed by atoms with Gasteiger partial charge in [-0.25, -0.2) is 4.98 Å². The molecule has 2 aliphatic rings. The Labute approximate surface area is 218 Å². The molecule has 2 aromatic carbocycles. The molecule has 1 aromatic heterocycles. The van der Waals surface area contributed by atoms with E-state index >= 15 is 0 Å². The van der Waals surface area contributed by atoms with E-state index in [0.717, 1.165) is 57.8 Å². The summed E-state index contributed by atoms with van der Waals surface area (Å²) in [5, 5.41) is 0. The van der Waals surface area contributed by atoms with Crippen molar-refractivity contribution in [3.8, 4) is 0 Å². The van der Waals surface area contributed by atoms with Crippen LogP contribution in [0, 0.1) is 0 Å². The Hall–Kier alpha value is -3.49. The van der Waals surface area contributed by atoms with Gasteiger partial charge in [-0.05, 0) is 30.5 Å². The lowest BCUT2D eigenvalue weighted by atomic mass is 10.1. The third-order valence-electron chi connectivity index (χ3n) is 7.30. The minimum Gasteiger partial charge on any atom is -0.340 e. The molecule has 0 saturated carbocycles. The highest BCUT2D eigenvalue weighted by atomic mass is 16.2. The quantitative estimate of drug-likeness (QED) is 0.537. The topological polar surface area (TPSA) is 75.8 Å². The van der Waals surface area contributed by atoms with Gasteiger partial charge in [0.15, 0.2) is 0 Å². The zero-order valence-electron chi connectivity index (χ0n) is 21.4. The van der Waals surface area contributed by atoms with Crippen molar-refractivity contribution < 1.29 is 4.79 Å². The molecule has 0 unspecified atom stereocenters. The van der Waals surface area contributed by atoms with Gasteiger partial charge in [0.05, 0.1) is 5.69 Å². The lowest BCUT2D eigenvalue weighted by molar-refractivity contribution is 0.0767. The number of anilines is 1. The Balaban J connectivity index is 1.14. The highest BCUT2D eigenvalue weighted by Gasteiger charge is 2.22. The maximum absolute atomic E-state index is 12.9. The first-order chi connectivity index (χ1) is 18.1. The van der Waals surface area contributed by atoms with E-state index in [1.165, 1.54) is 5.56 Å². The summed E-state index contributed by atoms with van der Waals surface area (Å²) in [5.41, 5.74) is 2.77. The number of aromatic amines is 1. The fourth-order valence-corrected chi connectivity index (χ4v) is 5.15. The monoisotopic (exact) mass is 500 g/mol. The zero-order valence-corrected chi connectivity index (χ0v) is 21.4. The second-order valence-corrected chi connectivity index (χ2v) is 9.91. The number of aromatic nitrogens is 2. The Bertz CT molecular complexity index is 1210. The molecule has 1 amide bonds. The molecule has 0 bridgehead atoms. The average molecular weight is 501 g/mol. The van der Waals surface area contributed by atoms with Crippen LogP contribution >= 0.6 is 0 Å². The van der Waals surface area contributed by atoms with Gasteiger partial charge in [-0.15, -0.1) is 0 Å². The largest absolute Gasteiger partial charge is 0.340 e. The number of nitrogens with zero attached hydrogens (tertiary/aromatic N) is 5. The van der Waals surface area contributed by atoms with Crippen molar-refractivity contribution in [2.45, 2.75) is 19.4 Å². The van der Waals surface area contributed by atoms with E-state index in [9.17, 15) is 9.59 Å². The number of nitrogens with one attached hydrogen (secondary N) is 1. The van der Waals surface area contributed by atoms with Gasteiger partial charge in [-0.3, -0.25) is 19.5 Å². The van der Waals surface area contributed by atoms with Gasteiger partial charge in [0.25, 0.3) is 11.5 Å². The zero-order chi connectivity index (χ0) is 25.5. The molecule has 8 nitrogen and oxygen atoms in total. The Morgan fingerprint density at radius 2 is 1.51 bits per heavy atom. The van der Waals surface area contributed by atoms with E-state index in [4.69, 9.17) is 4.98 Å². The maximum atomic E-state index is 12.9. The summed E-state index contributed by atoms with van der Waals surface area (Å²) < 4.78 is 0. The third-order valence-corrected chi connectivity index (χ3v) is 7.30. The van der Waals surface area contributed by atoms with Gasteiger partial charge >= 0.3 is 0 Å². The van der Waals surface area contributed by atoms with E-state index in [-0.39, 0.29) is 11.5 Å². The minimum atomic E-state index is -0.122. The van der Waals surface area contributed by atoms with Crippen LogP contribution in [0.25, 0.3) is 0 Å². The first-order valence-electron chi connectivity index (χ1n) is 13.3. The van der Waals surface area contributed by atoms with Crippen LogP contribution in [-0.2, 0) is 13.0 Å². The molecule has 2 fully saturated rings. The fraction of sp³-hybridized carbons (Fsp3) is 0.414. The summed E-state index contributed by atoms with van der Waals surface area (Å²) in [5.74, 6) is 0.665. The molecule has 194 valence electrons. The number of rotatable bonds is 7. The summed E-state index contributed by atoms with van der Waals surface area (Å²) in [6.45, 7) is 8.45. The number of carbonyl (C=O) groups is 1. The number of H-pyrrole nitrogens is 1. The number of benzene rings is 2. The molecule has 3 heterocycles. The predicted octanol–water partition coefficient (Wildman–Crippen LogP) is 2.48. The second-order valence-electron chi connectivity index (χ2n) is 9.91. The number of piperazine rings is 1. The summed E-state index contributed by atoms with van der Waals surface area (Å²) in [4.78, 5) is 42.0. The van der Waals surface area contributed by atoms with Crippen molar-refractivity contribution in [1.29, 1.82) is 0 Å². The molecule has 37 heavy (non-hydrogen) atoms. The average Bonchev–Trinajstić information content (AvgIpc) is 3.20. The summed E-state index contributed by atoms with van der Waals surface area (Å²) >= 11 is 0. The molecule has 2 aliphatic heterocycles. The number of carbonyl (C=O) groups excluding carboxylic acids is 1. The maximum Gasteiger partial charge on any atom is 0.253 e. The van der Waals surface area contributed by atoms with Crippen LogP contribution in [0.2, 0.25) is 0 Å². The van der Waals surface area contributed by atoms with Crippen LogP contribution < -0.4 is 10.5 Å². The number of hydrogen-bond acceptors (Lipinski definition) is 6. The van der Waals surface area contributed by atoms with E-state index in [2.05, 4.69) is 50.0 Å². The highest BCUT2D eigenvalue weighted by Crippen LogP contribution is 2.15. The summed E-state index contributed by atoms with van der Waals surface area (Å²) in [6.07, 6.45) is 1.90. The lowest BCUT2D eigenvalue weighted by Gasteiger charge is -2.34. The SMILES string of the molecule is O=C(c1ccccc1)N1CCCN(c2nc(CN3CCN(CCc4ccccc4)CC3)cc(=O)[nH]2)CC1. The Morgan fingerprint density at radius 3 is 2.27 bits per heavy atom. The van der Waals surface area contributed by atoms with E-state index in [1.807, 2.05) is 35.2 Å². The molecular formula is C29H36N6O2. The van der Waals surface area contributed by atoms with Crippen LogP contribution in [0.3, 0.4) is 0 Å². The highest BCUT2D eigenvalue weighted by molar-refractivity contribution is 5.94. The molecule has 2 saturated heterocycles. The lowest BCUT2D eigenvalue weighted by Crippen LogP contribution is -2.46. The third kappa shape index (κ3) is 6.84. The van der Waals surface area contributed by atoms with E-state index in [0.29, 0.717) is 37.7 Å². The van der Waals surface area contributed by atoms with E-state index in [1.54, 1.807) is 6.07 Å². The van der Waals surface area contributed by atoms with Gasteiger partial charge in [0, 0.05) is 77.1 Å². The van der Waals surface area contributed by atoms with Crippen LogP contribution in [0.15, 0.2) is 71.5 Å². The number of amides is 1. The second kappa shape index (κ2) is 12.2. The van der Waals surface area contributed by atoms with Gasteiger partial charge in [0.1, 0.15) is 0 Å². The van der Waals surface area contributed by atoms with Crippen molar-refractivity contribution in [1.82, 2.24) is 24.7 Å². The van der Waals surface area contributed by atoms with Crippen molar-refractivity contribution in [3.05, 3.63) is 93.9 Å². The van der Waals surface area contributed by atoms with Crippen molar-refractivity contribution in [2.24, 2.45) is 0 Å². The minimum absolute atomic E-state index is 0.0561.